The summed E-state index contributed by atoms with van der Waals surface area (Å²) in [7, 11) is 0. The molecular weight excluding hydrogens is 266 g/mol. The lowest BCUT2D eigenvalue weighted by Gasteiger charge is -2.06. The van der Waals surface area contributed by atoms with Gasteiger partial charge in [-0.2, -0.15) is 5.10 Å². The van der Waals surface area contributed by atoms with Gasteiger partial charge in [0.2, 0.25) is 0 Å². The summed E-state index contributed by atoms with van der Waals surface area (Å²) in [5.74, 6) is -0.598. The highest BCUT2D eigenvalue weighted by molar-refractivity contribution is 7.80. The van der Waals surface area contributed by atoms with Crippen molar-refractivity contribution in [2.45, 2.75) is 6.92 Å². The lowest BCUT2D eigenvalue weighted by atomic mass is 10.2. The van der Waals surface area contributed by atoms with Crippen LogP contribution in [0.5, 0.6) is 0 Å². The fourth-order valence-electron chi connectivity index (χ4n) is 1.19. The maximum atomic E-state index is 11.9. The van der Waals surface area contributed by atoms with Gasteiger partial charge in [0.25, 0.3) is 5.91 Å². The maximum absolute atomic E-state index is 11.9. The summed E-state index contributed by atoms with van der Waals surface area (Å²) in [6, 6.07) is 8.75. The molecule has 0 saturated carbocycles. The second-order valence-electron chi connectivity index (χ2n) is 3.44. The van der Waals surface area contributed by atoms with Crippen molar-refractivity contribution in [3.8, 4) is 0 Å². The topological polar surface area (TPSA) is 112 Å². The Labute approximate surface area is 115 Å². The highest BCUT2D eigenvalue weighted by Crippen LogP contribution is 2.05. The van der Waals surface area contributed by atoms with Gasteiger partial charge in [-0.1, -0.05) is 23.4 Å². The quantitative estimate of drug-likeness (QED) is 0.280. The Kier molecular flexibility index (Phi) is 5.42. The second-order valence-corrected chi connectivity index (χ2v) is 3.88. The standard InChI is InChI=1S/C11H13N5O2S/c1-7(14-15-11(12)19)9(16-18)10(17)13-8-5-3-2-4-6-8/h2-6,18H,1H3,(H,13,17)(H3,12,15,19)/b14-7-,16-9+. The van der Waals surface area contributed by atoms with E-state index in [1.165, 1.54) is 6.92 Å². The van der Waals surface area contributed by atoms with E-state index in [1.807, 2.05) is 6.07 Å². The first-order valence-corrected chi connectivity index (χ1v) is 5.64. The zero-order valence-corrected chi connectivity index (χ0v) is 10.9. The molecule has 0 aliphatic carbocycles. The Balaban J connectivity index is 2.78. The number of anilines is 1. The van der Waals surface area contributed by atoms with E-state index in [1.54, 1.807) is 24.3 Å². The van der Waals surface area contributed by atoms with Gasteiger partial charge in [0, 0.05) is 5.69 Å². The zero-order chi connectivity index (χ0) is 14.3. The first-order valence-electron chi connectivity index (χ1n) is 5.23. The zero-order valence-electron chi connectivity index (χ0n) is 10.1. The number of carbonyl (C=O) groups excluding carboxylic acids is 1. The minimum absolute atomic E-state index is 0.0555. The third kappa shape index (κ3) is 4.72. The van der Waals surface area contributed by atoms with Crippen LogP contribution in [0.25, 0.3) is 0 Å². The Morgan fingerprint density at radius 1 is 1.37 bits per heavy atom. The third-order valence-electron chi connectivity index (χ3n) is 2.02. The van der Waals surface area contributed by atoms with Gasteiger partial charge in [-0.3, -0.25) is 10.2 Å². The monoisotopic (exact) mass is 279 g/mol. The maximum Gasteiger partial charge on any atom is 0.279 e. The summed E-state index contributed by atoms with van der Waals surface area (Å²) in [6.45, 7) is 1.48. The molecule has 1 rings (SSSR count). The van der Waals surface area contributed by atoms with Gasteiger partial charge in [0.15, 0.2) is 10.8 Å². The molecule has 0 aromatic heterocycles. The average Bonchev–Trinajstić information content (AvgIpc) is 2.38. The van der Waals surface area contributed by atoms with Crippen LogP contribution >= 0.6 is 12.2 Å². The number of nitrogens with two attached hydrogens (primary N) is 1. The molecule has 1 amide bonds. The predicted molar refractivity (Wildman–Crippen MR) is 77.3 cm³/mol. The van der Waals surface area contributed by atoms with Gasteiger partial charge in [-0.15, -0.1) is 0 Å². The molecule has 0 spiro atoms. The van der Waals surface area contributed by atoms with Crippen molar-refractivity contribution in [1.29, 1.82) is 0 Å². The Bertz CT molecular complexity index is 527. The molecule has 1 aromatic rings. The number of hydrogen-bond donors (Lipinski definition) is 4. The molecular formula is C11H13N5O2S. The fourth-order valence-corrected chi connectivity index (χ4v) is 1.23. The van der Waals surface area contributed by atoms with E-state index in [0.717, 1.165) is 0 Å². The minimum atomic E-state index is -0.598. The van der Waals surface area contributed by atoms with E-state index < -0.39 is 5.91 Å². The van der Waals surface area contributed by atoms with Crippen LogP contribution in [0.4, 0.5) is 5.69 Å². The van der Waals surface area contributed by atoms with Crippen molar-refractivity contribution in [3.05, 3.63) is 30.3 Å². The van der Waals surface area contributed by atoms with Crippen molar-refractivity contribution in [1.82, 2.24) is 5.43 Å². The van der Waals surface area contributed by atoms with Gasteiger partial charge < -0.3 is 16.3 Å². The summed E-state index contributed by atoms with van der Waals surface area (Å²) in [4.78, 5) is 11.9. The van der Waals surface area contributed by atoms with E-state index >= 15 is 0 Å². The van der Waals surface area contributed by atoms with Crippen molar-refractivity contribution in [2.24, 2.45) is 16.0 Å². The van der Waals surface area contributed by atoms with Crippen LogP contribution in [0.2, 0.25) is 0 Å². The number of carbonyl (C=O) groups is 1. The predicted octanol–water partition coefficient (Wildman–Crippen LogP) is 0.664. The molecule has 100 valence electrons. The fraction of sp³-hybridized carbons (Fsp3) is 0.0909. The van der Waals surface area contributed by atoms with Crippen LogP contribution in [-0.2, 0) is 4.79 Å². The van der Waals surface area contributed by atoms with E-state index in [4.69, 9.17) is 10.9 Å². The van der Waals surface area contributed by atoms with Gasteiger partial charge in [0.1, 0.15) is 0 Å². The molecule has 5 N–H and O–H groups in total. The largest absolute Gasteiger partial charge is 0.410 e. The van der Waals surface area contributed by atoms with Crippen LogP contribution in [-0.4, -0.2) is 27.7 Å². The molecule has 0 saturated heterocycles. The van der Waals surface area contributed by atoms with Gasteiger partial charge in [-0.05, 0) is 31.3 Å². The molecule has 8 heteroatoms. The molecule has 7 nitrogen and oxygen atoms in total. The number of para-hydroxylation sites is 1. The van der Waals surface area contributed by atoms with Crippen LogP contribution in [0.15, 0.2) is 40.6 Å². The Morgan fingerprint density at radius 3 is 2.53 bits per heavy atom. The van der Waals surface area contributed by atoms with Crippen LogP contribution in [0.1, 0.15) is 6.92 Å². The van der Waals surface area contributed by atoms with Crippen LogP contribution in [0, 0.1) is 0 Å². The van der Waals surface area contributed by atoms with Crippen molar-refractivity contribution in [2.75, 3.05) is 5.32 Å². The number of hydrogen-bond acceptors (Lipinski definition) is 5. The highest BCUT2D eigenvalue weighted by Gasteiger charge is 2.16. The molecule has 1 aromatic carbocycles. The van der Waals surface area contributed by atoms with Crippen molar-refractivity contribution in [3.63, 3.8) is 0 Å². The summed E-state index contributed by atoms with van der Waals surface area (Å²) in [6.07, 6.45) is 0. The number of nitrogens with one attached hydrogen (secondary N) is 2. The normalized spacial score (nSPS) is 11.8. The van der Waals surface area contributed by atoms with Gasteiger partial charge in [0.05, 0.1) is 5.71 Å². The number of nitrogens with zero attached hydrogens (tertiary/aromatic N) is 2. The van der Waals surface area contributed by atoms with E-state index in [2.05, 4.69) is 33.2 Å². The molecule has 0 heterocycles. The average molecular weight is 279 g/mol. The number of hydrazone groups is 1. The molecule has 0 atom stereocenters. The van der Waals surface area contributed by atoms with Crippen molar-refractivity contribution >= 4 is 40.3 Å². The second kappa shape index (κ2) is 7.07. The smallest absolute Gasteiger partial charge is 0.279 e. The number of benzene rings is 1. The molecule has 0 bridgehead atoms. The molecule has 0 aliphatic rings. The molecule has 0 unspecified atom stereocenters. The number of thiocarbonyl (C=S) groups is 1. The van der Waals surface area contributed by atoms with Gasteiger partial charge in [-0.25, -0.2) is 0 Å². The van der Waals surface area contributed by atoms with Crippen molar-refractivity contribution < 1.29 is 10.0 Å². The molecule has 0 fully saturated rings. The molecule has 0 radical (unpaired) electrons. The Morgan fingerprint density at radius 2 is 2.00 bits per heavy atom. The number of amides is 1. The minimum Gasteiger partial charge on any atom is -0.410 e. The van der Waals surface area contributed by atoms with E-state index in [0.29, 0.717) is 5.69 Å². The lowest BCUT2D eigenvalue weighted by molar-refractivity contribution is -0.110. The summed E-state index contributed by atoms with van der Waals surface area (Å²) < 4.78 is 0. The number of oxime groups is 1. The third-order valence-corrected chi connectivity index (χ3v) is 2.11. The first kappa shape index (κ1) is 14.6. The molecule has 0 aliphatic heterocycles. The first-order chi connectivity index (χ1) is 9.04. The van der Waals surface area contributed by atoms with Crippen LogP contribution < -0.4 is 16.5 Å². The highest BCUT2D eigenvalue weighted by atomic mass is 32.1. The van der Waals surface area contributed by atoms with Crippen LogP contribution in [0.3, 0.4) is 0 Å². The summed E-state index contributed by atoms with van der Waals surface area (Å²) in [5, 5.41) is 18.0. The van der Waals surface area contributed by atoms with E-state index in [-0.39, 0.29) is 16.5 Å². The Hall–Kier alpha value is -2.48. The SMILES string of the molecule is CC(=N/NC(N)=S)/C(=N\O)C(=O)Nc1ccccc1. The summed E-state index contributed by atoms with van der Waals surface area (Å²) >= 11 is 4.56. The van der Waals surface area contributed by atoms with Gasteiger partial charge >= 0.3 is 0 Å². The summed E-state index contributed by atoms with van der Waals surface area (Å²) in [5.41, 5.74) is 7.97. The number of rotatable bonds is 4. The van der Waals surface area contributed by atoms with E-state index in [9.17, 15) is 4.79 Å². The molecule has 19 heavy (non-hydrogen) atoms. The lowest BCUT2D eigenvalue weighted by Crippen LogP contribution is -2.32.